The van der Waals surface area contributed by atoms with Crippen LogP contribution >= 0.6 is 0 Å². The fourth-order valence-corrected chi connectivity index (χ4v) is 3.48. The van der Waals surface area contributed by atoms with Gasteiger partial charge >= 0.3 is 0 Å². The molecule has 1 aromatic carbocycles. The summed E-state index contributed by atoms with van der Waals surface area (Å²) in [7, 11) is 0. The molecule has 2 N–H and O–H groups in total. The average Bonchev–Trinajstić information content (AvgIpc) is 2.97. The van der Waals surface area contributed by atoms with Crippen LogP contribution in [0.3, 0.4) is 0 Å². The van der Waals surface area contributed by atoms with E-state index in [0.29, 0.717) is 5.92 Å². The van der Waals surface area contributed by atoms with Gasteiger partial charge in [0.25, 0.3) is 0 Å². The van der Waals surface area contributed by atoms with Gasteiger partial charge in [-0.2, -0.15) is 0 Å². The molecule has 1 aromatic heterocycles. The van der Waals surface area contributed by atoms with E-state index in [-0.39, 0.29) is 5.92 Å². The normalized spacial score (nSPS) is 24.0. The highest BCUT2D eigenvalue weighted by atomic mass is 16.5. The Labute approximate surface area is 124 Å². The van der Waals surface area contributed by atoms with Gasteiger partial charge in [-0.25, -0.2) is 0 Å². The number of fused-ring (bicyclic) bond motifs is 2. The van der Waals surface area contributed by atoms with Crippen molar-refractivity contribution in [2.45, 2.75) is 31.7 Å². The summed E-state index contributed by atoms with van der Waals surface area (Å²) in [6.07, 6.45) is 3.07. The topological polar surface area (TPSA) is 66.0 Å². The van der Waals surface area contributed by atoms with Crippen molar-refractivity contribution in [3.05, 3.63) is 41.5 Å². The fraction of sp³-hybridized carbons (Fsp3) is 0.500. The molecule has 3 heterocycles. The highest BCUT2D eigenvalue weighted by molar-refractivity contribution is 5.41. The predicted octanol–water partition coefficient (Wildman–Crippen LogP) is 1.71. The molecule has 2 aliphatic heterocycles. The number of aryl methyl sites for hydroxylation is 1. The molecule has 0 amide bonds. The molecule has 0 aliphatic carbocycles. The van der Waals surface area contributed by atoms with Crippen LogP contribution in [0.15, 0.2) is 24.3 Å². The van der Waals surface area contributed by atoms with Crippen molar-refractivity contribution in [3.8, 4) is 5.75 Å². The molecule has 21 heavy (non-hydrogen) atoms. The maximum absolute atomic E-state index is 5.86. The van der Waals surface area contributed by atoms with Crippen LogP contribution in [0.2, 0.25) is 0 Å². The molecule has 5 nitrogen and oxygen atoms in total. The quantitative estimate of drug-likeness (QED) is 0.912. The van der Waals surface area contributed by atoms with E-state index in [9.17, 15) is 0 Å². The lowest BCUT2D eigenvalue weighted by molar-refractivity contribution is 0.270. The second-order valence-electron chi connectivity index (χ2n) is 5.95. The van der Waals surface area contributed by atoms with E-state index in [1.807, 2.05) is 12.1 Å². The summed E-state index contributed by atoms with van der Waals surface area (Å²) in [4.78, 5) is 0. The van der Waals surface area contributed by atoms with Gasteiger partial charge in [-0.3, -0.25) is 0 Å². The molecule has 0 bridgehead atoms. The predicted molar refractivity (Wildman–Crippen MR) is 79.3 cm³/mol. The van der Waals surface area contributed by atoms with Gasteiger partial charge in [0.1, 0.15) is 17.4 Å². The van der Waals surface area contributed by atoms with Crippen LogP contribution in [0.25, 0.3) is 0 Å². The Hall–Kier alpha value is -1.88. The van der Waals surface area contributed by atoms with Crippen LogP contribution in [0.4, 0.5) is 0 Å². The number of ether oxygens (including phenoxy) is 1. The lowest BCUT2D eigenvalue weighted by Gasteiger charge is -2.28. The molecule has 0 saturated carbocycles. The van der Waals surface area contributed by atoms with Gasteiger partial charge in [0.05, 0.1) is 12.5 Å². The largest absolute Gasteiger partial charge is 0.493 e. The minimum atomic E-state index is 0.285. The number of benzene rings is 1. The van der Waals surface area contributed by atoms with Gasteiger partial charge in [-0.1, -0.05) is 18.2 Å². The molecule has 2 aliphatic rings. The minimum absolute atomic E-state index is 0.285. The Morgan fingerprint density at radius 1 is 1.24 bits per heavy atom. The zero-order chi connectivity index (χ0) is 14.2. The molecule has 0 fully saturated rings. The first-order chi connectivity index (χ1) is 10.4. The molecule has 2 atom stereocenters. The molecule has 0 spiro atoms. The van der Waals surface area contributed by atoms with Gasteiger partial charge in [-0.05, 0) is 31.4 Å². The third kappa shape index (κ3) is 2.12. The smallest absolute Gasteiger partial charge is 0.140 e. The first kappa shape index (κ1) is 12.8. The summed E-state index contributed by atoms with van der Waals surface area (Å²) >= 11 is 0. The maximum atomic E-state index is 5.86. The Morgan fingerprint density at radius 3 is 3.05 bits per heavy atom. The lowest BCUT2D eigenvalue weighted by atomic mass is 9.91. The zero-order valence-corrected chi connectivity index (χ0v) is 12.0. The molecule has 2 aromatic rings. The number of nitrogens with zero attached hydrogens (tertiary/aromatic N) is 3. The maximum Gasteiger partial charge on any atom is 0.140 e. The van der Waals surface area contributed by atoms with Crippen LogP contribution in [0, 0.1) is 5.92 Å². The molecule has 110 valence electrons. The first-order valence-corrected chi connectivity index (χ1v) is 7.70. The third-order valence-electron chi connectivity index (χ3n) is 4.68. The Bertz CT molecular complexity index is 651. The number of hydrogen-bond acceptors (Lipinski definition) is 4. The Morgan fingerprint density at radius 2 is 2.14 bits per heavy atom. The lowest BCUT2D eigenvalue weighted by Crippen LogP contribution is -2.29. The SMILES string of the molecule is NCC1CCc2nnc(C3CCOc4ccccc43)n2C1. The summed E-state index contributed by atoms with van der Waals surface area (Å²) in [5.41, 5.74) is 7.09. The van der Waals surface area contributed by atoms with Gasteiger partial charge in [-0.15, -0.1) is 10.2 Å². The van der Waals surface area contributed by atoms with Crippen molar-refractivity contribution in [1.82, 2.24) is 14.8 Å². The van der Waals surface area contributed by atoms with Gasteiger partial charge in [0, 0.05) is 18.5 Å². The van der Waals surface area contributed by atoms with Crippen LogP contribution in [-0.2, 0) is 13.0 Å². The fourth-order valence-electron chi connectivity index (χ4n) is 3.48. The highest BCUT2D eigenvalue weighted by Gasteiger charge is 2.30. The molecule has 0 radical (unpaired) electrons. The van der Waals surface area contributed by atoms with Crippen molar-refractivity contribution in [1.29, 1.82) is 0 Å². The summed E-state index contributed by atoms with van der Waals surface area (Å²) in [6.45, 7) is 2.43. The Balaban J connectivity index is 1.74. The Kier molecular flexibility index (Phi) is 3.15. The summed E-state index contributed by atoms with van der Waals surface area (Å²) < 4.78 is 8.06. The van der Waals surface area contributed by atoms with Crippen molar-refractivity contribution < 1.29 is 4.74 Å². The van der Waals surface area contributed by atoms with E-state index in [4.69, 9.17) is 10.5 Å². The molecular weight excluding hydrogens is 264 g/mol. The molecule has 0 saturated heterocycles. The first-order valence-electron chi connectivity index (χ1n) is 7.70. The van der Waals surface area contributed by atoms with Crippen LogP contribution < -0.4 is 10.5 Å². The van der Waals surface area contributed by atoms with Crippen molar-refractivity contribution in [3.63, 3.8) is 0 Å². The minimum Gasteiger partial charge on any atom is -0.493 e. The third-order valence-corrected chi connectivity index (χ3v) is 4.68. The van der Waals surface area contributed by atoms with E-state index in [2.05, 4.69) is 26.9 Å². The number of para-hydroxylation sites is 1. The van der Waals surface area contributed by atoms with Crippen LogP contribution in [0.5, 0.6) is 5.75 Å². The summed E-state index contributed by atoms with van der Waals surface area (Å²) in [5.74, 6) is 4.00. The number of aromatic nitrogens is 3. The number of hydrogen-bond donors (Lipinski definition) is 1. The van der Waals surface area contributed by atoms with Crippen LogP contribution in [-0.4, -0.2) is 27.9 Å². The second-order valence-corrected chi connectivity index (χ2v) is 5.95. The van der Waals surface area contributed by atoms with E-state index < -0.39 is 0 Å². The average molecular weight is 284 g/mol. The molecule has 5 heteroatoms. The van der Waals surface area contributed by atoms with E-state index in [0.717, 1.165) is 56.4 Å². The van der Waals surface area contributed by atoms with Crippen molar-refractivity contribution in [2.24, 2.45) is 11.7 Å². The van der Waals surface area contributed by atoms with E-state index >= 15 is 0 Å². The summed E-state index contributed by atoms with van der Waals surface area (Å²) in [6, 6.07) is 8.27. The standard InChI is InChI=1S/C16H20N4O/c17-9-11-5-6-15-18-19-16(20(15)10-11)13-7-8-21-14-4-2-1-3-12(13)14/h1-4,11,13H,5-10,17H2. The van der Waals surface area contributed by atoms with Gasteiger partial charge in [0.15, 0.2) is 0 Å². The monoisotopic (exact) mass is 284 g/mol. The number of nitrogens with two attached hydrogens (primary N) is 1. The molecule has 2 unspecified atom stereocenters. The van der Waals surface area contributed by atoms with E-state index in [1.54, 1.807) is 0 Å². The summed E-state index contributed by atoms with van der Waals surface area (Å²) in [5, 5.41) is 8.91. The zero-order valence-electron chi connectivity index (χ0n) is 12.0. The second kappa shape index (κ2) is 5.15. The van der Waals surface area contributed by atoms with Crippen molar-refractivity contribution >= 4 is 0 Å². The van der Waals surface area contributed by atoms with Gasteiger partial charge < -0.3 is 15.0 Å². The molecular formula is C16H20N4O. The van der Waals surface area contributed by atoms with Crippen molar-refractivity contribution in [2.75, 3.05) is 13.2 Å². The van der Waals surface area contributed by atoms with E-state index in [1.165, 1.54) is 5.56 Å². The van der Waals surface area contributed by atoms with Crippen LogP contribution in [0.1, 0.15) is 36.0 Å². The number of rotatable bonds is 2. The van der Waals surface area contributed by atoms with Gasteiger partial charge in [0.2, 0.25) is 0 Å². The molecule has 4 rings (SSSR count). The highest BCUT2D eigenvalue weighted by Crippen LogP contribution is 2.38.